The molecule has 6 heteroatoms. The van der Waals surface area contributed by atoms with E-state index in [9.17, 15) is 4.79 Å². The normalized spacial score (nSPS) is 11.9. The molecule has 1 unspecified atom stereocenters. The Bertz CT molecular complexity index is 850. The van der Waals surface area contributed by atoms with Gasteiger partial charge in [-0.3, -0.25) is 4.79 Å². The smallest absolute Gasteiger partial charge is 0.163 e. The lowest BCUT2D eigenvalue weighted by Gasteiger charge is -2.18. The van der Waals surface area contributed by atoms with Gasteiger partial charge in [0.05, 0.1) is 25.4 Å². The third-order valence-corrected chi connectivity index (χ3v) is 5.36. The van der Waals surface area contributed by atoms with E-state index in [1.807, 2.05) is 30.3 Å². The molecule has 1 atom stereocenters. The summed E-state index contributed by atoms with van der Waals surface area (Å²) in [5, 5.41) is 0. The van der Waals surface area contributed by atoms with Crippen molar-refractivity contribution in [1.29, 1.82) is 0 Å². The first-order valence-electron chi connectivity index (χ1n) is 11.0. The van der Waals surface area contributed by atoms with Crippen molar-refractivity contribution < 1.29 is 28.5 Å². The van der Waals surface area contributed by atoms with E-state index in [1.54, 1.807) is 28.3 Å². The van der Waals surface area contributed by atoms with Crippen LogP contribution in [0.4, 0.5) is 0 Å². The lowest BCUT2D eigenvalue weighted by molar-refractivity contribution is 0.101. The van der Waals surface area contributed by atoms with Crippen LogP contribution in [0.1, 0.15) is 65.7 Å². The highest BCUT2D eigenvalue weighted by molar-refractivity contribution is 5.97. The molecule has 0 amide bonds. The van der Waals surface area contributed by atoms with Crippen LogP contribution in [-0.2, 0) is 34.0 Å². The number of ketones is 1. The third-order valence-electron chi connectivity index (χ3n) is 5.36. The summed E-state index contributed by atoms with van der Waals surface area (Å²) in [5.41, 5.74) is 4.63. The molecule has 0 spiro atoms. The van der Waals surface area contributed by atoms with Crippen molar-refractivity contribution >= 4 is 5.78 Å². The van der Waals surface area contributed by atoms with Crippen LogP contribution in [-0.4, -0.2) is 40.3 Å². The van der Waals surface area contributed by atoms with Crippen molar-refractivity contribution in [3.8, 4) is 11.5 Å². The number of carbonyl (C=O) groups is 1. The highest BCUT2D eigenvalue weighted by Crippen LogP contribution is 2.29. The van der Waals surface area contributed by atoms with Crippen molar-refractivity contribution in [3.63, 3.8) is 0 Å². The van der Waals surface area contributed by atoms with Gasteiger partial charge >= 0.3 is 0 Å². The summed E-state index contributed by atoms with van der Waals surface area (Å²) in [6, 6.07) is 9.88. The lowest BCUT2D eigenvalue weighted by Crippen LogP contribution is -2.13. The fourth-order valence-corrected chi connectivity index (χ4v) is 3.57. The van der Waals surface area contributed by atoms with Crippen molar-refractivity contribution in [1.82, 2.24) is 0 Å². The number of benzene rings is 2. The summed E-state index contributed by atoms with van der Waals surface area (Å²) >= 11 is 0. The highest BCUT2D eigenvalue weighted by atomic mass is 16.5. The maximum absolute atomic E-state index is 12.2. The number of carbonyl (C=O) groups excluding carboxylic acids is 1. The Labute approximate surface area is 191 Å². The monoisotopic (exact) mass is 444 g/mol. The molecule has 32 heavy (non-hydrogen) atoms. The van der Waals surface area contributed by atoms with Gasteiger partial charge in [0.15, 0.2) is 5.78 Å². The summed E-state index contributed by atoms with van der Waals surface area (Å²) in [5.74, 6) is 1.70. The van der Waals surface area contributed by atoms with E-state index < -0.39 is 0 Å². The summed E-state index contributed by atoms with van der Waals surface area (Å²) in [6.45, 7) is 7.80. The van der Waals surface area contributed by atoms with Gasteiger partial charge in [0.1, 0.15) is 24.7 Å². The zero-order valence-corrected chi connectivity index (χ0v) is 20.2. The van der Waals surface area contributed by atoms with Crippen LogP contribution in [0.5, 0.6) is 11.5 Å². The average molecular weight is 445 g/mol. The van der Waals surface area contributed by atoms with Gasteiger partial charge in [0.2, 0.25) is 0 Å². The first-order chi connectivity index (χ1) is 15.4. The molecule has 0 aliphatic rings. The lowest BCUT2D eigenvalue weighted by atomic mass is 9.95. The van der Waals surface area contributed by atoms with Crippen molar-refractivity contribution in [2.24, 2.45) is 0 Å². The van der Waals surface area contributed by atoms with Crippen LogP contribution in [0.15, 0.2) is 30.3 Å². The molecule has 2 aromatic rings. The Morgan fingerprint density at radius 2 is 1.47 bits per heavy atom. The second kappa shape index (κ2) is 13.2. The maximum atomic E-state index is 12.2. The molecule has 0 N–H and O–H groups in total. The van der Waals surface area contributed by atoms with E-state index in [1.165, 1.54) is 0 Å². The summed E-state index contributed by atoms with van der Waals surface area (Å²) < 4.78 is 28.0. The maximum Gasteiger partial charge on any atom is 0.163 e. The molecule has 0 aliphatic heterocycles. The Hall–Kier alpha value is -2.41. The van der Waals surface area contributed by atoms with Crippen LogP contribution < -0.4 is 9.47 Å². The number of hydrogen-bond acceptors (Lipinski definition) is 6. The van der Waals surface area contributed by atoms with E-state index in [2.05, 4.69) is 13.8 Å². The molecule has 0 saturated heterocycles. The van der Waals surface area contributed by atoms with Crippen LogP contribution in [0.25, 0.3) is 0 Å². The minimum absolute atomic E-state index is 0.00966. The standard InChI is InChI=1S/C26H36O6/c1-7-18(2)21-8-9-25(24(14-21)19(3)27)31-10-11-32-26-22(16-29-5)12-20(15-28-4)13-23(26)17-30-6/h8-9,12-14,18H,7,10-11,15-17H2,1-6H3. The number of Topliss-reactive ketones (excluding diaryl/α,β-unsaturated/α-hetero) is 1. The Morgan fingerprint density at radius 1 is 0.875 bits per heavy atom. The van der Waals surface area contributed by atoms with Crippen LogP contribution in [0.2, 0.25) is 0 Å². The molecule has 6 nitrogen and oxygen atoms in total. The molecule has 2 rings (SSSR count). The minimum Gasteiger partial charge on any atom is -0.489 e. The molecule has 0 bridgehead atoms. The minimum atomic E-state index is -0.00966. The van der Waals surface area contributed by atoms with Crippen LogP contribution in [0, 0.1) is 0 Å². The van der Waals surface area contributed by atoms with E-state index in [-0.39, 0.29) is 5.78 Å². The fraction of sp³-hybridized carbons (Fsp3) is 0.500. The van der Waals surface area contributed by atoms with Gasteiger partial charge in [-0.05, 0) is 54.7 Å². The molecule has 0 heterocycles. The van der Waals surface area contributed by atoms with Gasteiger partial charge in [0.25, 0.3) is 0 Å². The first-order valence-corrected chi connectivity index (χ1v) is 11.0. The average Bonchev–Trinajstić information content (AvgIpc) is 2.78. The Kier molecular flexibility index (Phi) is 10.7. The van der Waals surface area contributed by atoms with E-state index in [0.717, 1.165) is 34.4 Å². The highest BCUT2D eigenvalue weighted by Gasteiger charge is 2.15. The fourth-order valence-electron chi connectivity index (χ4n) is 3.57. The van der Waals surface area contributed by atoms with Gasteiger partial charge < -0.3 is 23.7 Å². The summed E-state index contributed by atoms with van der Waals surface area (Å²) in [6.07, 6.45) is 1.02. The Morgan fingerprint density at radius 3 is 2.00 bits per heavy atom. The summed E-state index contributed by atoms with van der Waals surface area (Å²) in [4.78, 5) is 12.2. The quantitative estimate of drug-likeness (QED) is 0.291. The second-order valence-corrected chi connectivity index (χ2v) is 7.86. The van der Waals surface area contributed by atoms with Crippen molar-refractivity contribution in [2.75, 3.05) is 34.5 Å². The predicted molar refractivity (Wildman–Crippen MR) is 125 cm³/mol. The molecule has 0 radical (unpaired) electrons. The third kappa shape index (κ3) is 7.05. The largest absolute Gasteiger partial charge is 0.489 e. The molecular weight excluding hydrogens is 408 g/mol. The topological polar surface area (TPSA) is 63.2 Å². The number of ether oxygens (including phenoxy) is 5. The predicted octanol–water partition coefficient (Wildman–Crippen LogP) is 5.30. The van der Waals surface area contributed by atoms with Gasteiger partial charge in [-0.2, -0.15) is 0 Å². The molecule has 2 aromatic carbocycles. The molecule has 0 fully saturated rings. The summed E-state index contributed by atoms with van der Waals surface area (Å²) in [7, 11) is 4.97. The van der Waals surface area contributed by atoms with E-state index >= 15 is 0 Å². The molecule has 0 aliphatic carbocycles. The first kappa shape index (κ1) is 25.8. The number of rotatable bonds is 14. The van der Waals surface area contributed by atoms with Gasteiger partial charge in [-0.1, -0.05) is 19.9 Å². The van der Waals surface area contributed by atoms with Crippen LogP contribution in [0.3, 0.4) is 0 Å². The molecule has 176 valence electrons. The van der Waals surface area contributed by atoms with E-state index in [0.29, 0.717) is 50.3 Å². The number of hydrogen-bond donors (Lipinski definition) is 0. The van der Waals surface area contributed by atoms with Crippen LogP contribution >= 0.6 is 0 Å². The van der Waals surface area contributed by atoms with Gasteiger partial charge in [-0.15, -0.1) is 0 Å². The Balaban J connectivity index is 2.14. The SMILES string of the molecule is CCC(C)c1ccc(OCCOc2c(COC)cc(COC)cc2COC)c(C(C)=O)c1. The van der Waals surface area contributed by atoms with Crippen molar-refractivity contribution in [3.05, 3.63) is 58.1 Å². The zero-order valence-electron chi connectivity index (χ0n) is 20.2. The second-order valence-electron chi connectivity index (χ2n) is 7.86. The zero-order chi connectivity index (χ0) is 23.5. The van der Waals surface area contributed by atoms with E-state index in [4.69, 9.17) is 23.7 Å². The molecule has 0 saturated carbocycles. The van der Waals surface area contributed by atoms with Gasteiger partial charge in [0, 0.05) is 32.5 Å². The molecular formula is C26H36O6. The number of methoxy groups -OCH3 is 3. The van der Waals surface area contributed by atoms with Gasteiger partial charge in [-0.25, -0.2) is 0 Å². The molecule has 0 aromatic heterocycles. The van der Waals surface area contributed by atoms with Crippen molar-refractivity contribution in [2.45, 2.75) is 52.9 Å².